The molecule has 0 spiro atoms. The standard InChI is InChI=1S/C15H15NO4/c17-13-7-2-4-10-11(13)5-1-6-12(10)16-14(18)8-3-9-15(19)20/h1-2,4-7,17H,3,8-9H2,(H,16,18)(H,19,20). The Balaban J connectivity index is 2.12. The second-order valence-electron chi connectivity index (χ2n) is 4.47. The Kier molecular flexibility index (Phi) is 4.20. The molecule has 0 saturated carbocycles. The number of aliphatic carboxylic acids is 1. The first-order chi connectivity index (χ1) is 9.58. The van der Waals surface area contributed by atoms with Crippen LogP contribution in [0, 0.1) is 0 Å². The maximum absolute atomic E-state index is 11.8. The van der Waals surface area contributed by atoms with Gasteiger partial charge >= 0.3 is 5.97 Å². The van der Waals surface area contributed by atoms with Crippen molar-refractivity contribution < 1.29 is 19.8 Å². The summed E-state index contributed by atoms with van der Waals surface area (Å²) in [5.74, 6) is -0.987. The number of rotatable bonds is 5. The SMILES string of the molecule is O=C(O)CCCC(=O)Nc1cccc2c(O)cccc12. The Morgan fingerprint density at radius 3 is 2.45 bits per heavy atom. The first-order valence-electron chi connectivity index (χ1n) is 6.30. The molecule has 0 unspecified atom stereocenters. The number of anilines is 1. The second-order valence-corrected chi connectivity index (χ2v) is 4.47. The zero-order valence-electron chi connectivity index (χ0n) is 10.8. The highest BCUT2D eigenvalue weighted by Gasteiger charge is 2.08. The minimum atomic E-state index is -0.909. The van der Waals surface area contributed by atoms with E-state index in [9.17, 15) is 14.7 Å². The summed E-state index contributed by atoms with van der Waals surface area (Å²) in [6.07, 6.45) is 0.433. The molecule has 0 aliphatic rings. The predicted octanol–water partition coefficient (Wildman–Crippen LogP) is 2.74. The molecule has 0 aliphatic carbocycles. The largest absolute Gasteiger partial charge is 0.507 e. The number of benzene rings is 2. The molecule has 0 aromatic heterocycles. The zero-order chi connectivity index (χ0) is 14.5. The van der Waals surface area contributed by atoms with E-state index in [0.717, 1.165) is 5.39 Å². The molecule has 20 heavy (non-hydrogen) atoms. The topological polar surface area (TPSA) is 86.6 Å². The third-order valence-electron chi connectivity index (χ3n) is 2.97. The van der Waals surface area contributed by atoms with Crippen LogP contribution < -0.4 is 5.32 Å². The number of carbonyl (C=O) groups excluding carboxylic acids is 1. The van der Waals surface area contributed by atoms with E-state index in [2.05, 4.69) is 5.32 Å². The van der Waals surface area contributed by atoms with Crippen LogP contribution in [-0.2, 0) is 9.59 Å². The normalized spacial score (nSPS) is 10.4. The first kappa shape index (κ1) is 13.9. The summed E-state index contributed by atoms with van der Waals surface area (Å²) in [6, 6.07) is 10.4. The number of fused-ring (bicyclic) bond motifs is 1. The van der Waals surface area contributed by atoms with Gasteiger partial charge in [0.25, 0.3) is 0 Å². The molecule has 0 fully saturated rings. The van der Waals surface area contributed by atoms with Gasteiger partial charge in [0, 0.05) is 29.3 Å². The van der Waals surface area contributed by atoms with Crippen LogP contribution in [0.5, 0.6) is 5.75 Å². The fraction of sp³-hybridized carbons (Fsp3) is 0.200. The van der Waals surface area contributed by atoms with Gasteiger partial charge in [-0.2, -0.15) is 0 Å². The van der Waals surface area contributed by atoms with Crippen molar-refractivity contribution in [2.24, 2.45) is 0 Å². The number of carbonyl (C=O) groups is 2. The van der Waals surface area contributed by atoms with E-state index in [-0.39, 0.29) is 24.5 Å². The fourth-order valence-corrected chi connectivity index (χ4v) is 2.02. The molecule has 2 aromatic carbocycles. The van der Waals surface area contributed by atoms with Crippen molar-refractivity contribution in [2.75, 3.05) is 5.32 Å². The van der Waals surface area contributed by atoms with Crippen molar-refractivity contribution in [2.45, 2.75) is 19.3 Å². The minimum absolute atomic E-state index is 0.0241. The van der Waals surface area contributed by atoms with Crippen LogP contribution in [0.1, 0.15) is 19.3 Å². The van der Waals surface area contributed by atoms with E-state index in [1.54, 1.807) is 30.3 Å². The van der Waals surface area contributed by atoms with Gasteiger partial charge in [0.2, 0.25) is 5.91 Å². The highest BCUT2D eigenvalue weighted by atomic mass is 16.4. The van der Waals surface area contributed by atoms with Gasteiger partial charge in [-0.3, -0.25) is 9.59 Å². The number of carboxylic acid groups (broad SMARTS) is 1. The number of phenolic OH excluding ortho intramolecular Hbond substituents is 1. The molecule has 3 N–H and O–H groups in total. The summed E-state index contributed by atoms with van der Waals surface area (Å²) in [5, 5.41) is 22.4. The van der Waals surface area contributed by atoms with Crippen LogP contribution in [0.3, 0.4) is 0 Å². The van der Waals surface area contributed by atoms with E-state index in [4.69, 9.17) is 5.11 Å². The lowest BCUT2D eigenvalue weighted by Crippen LogP contribution is -2.12. The van der Waals surface area contributed by atoms with Crippen LogP contribution in [0.25, 0.3) is 10.8 Å². The molecule has 2 rings (SSSR count). The van der Waals surface area contributed by atoms with Gasteiger partial charge in [0.15, 0.2) is 0 Å². The summed E-state index contributed by atoms with van der Waals surface area (Å²) < 4.78 is 0. The van der Waals surface area contributed by atoms with Gasteiger partial charge in [-0.25, -0.2) is 0 Å². The van der Waals surface area contributed by atoms with Crippen LogP contribution in [0.2, 0.25) is 0 Å². The van der Waals surface area contributed by atoms with Crippen molar-refractivity contribution in [3.05, 3.63) is 36.4 Å². The molecular formula is C15H15NO4. The third kappa shape index (κ3) is 3.26. The Bertz CT molecular complexity index is 651. The number of carboxylic acids is 1. The summed E-state index contributed by atoms with van der Waals surface area (Å²) in [4.78, 5) is 22.1. The predicted molar refractivity (Wildman–Crippen MR) is 75.7 cm³/mol. The lowest BCUT2D eigenvalue weighted by atomic mass is 10.1. The number of phenols is 1. The third-order valence-corrected chi connectivity index (χ3v) is 2.97. The first-order valence-corrected chi connectivity index (χ1v) is 6.30. The number of aromatic hydroxyl groups is 1. The average molecular weight is 273 g/mol. The number of amides is 1. The van der Waals surface area contributed by atoms with Crippen molar-refractivity contribution in [3.8, 4) is 5.75 Å². The minimum Gasteiger partial charge on any atom is -0.507 e. The average Bonchev–Trinajstić information content (AvgIpc) is 2.39. The van der Waals surface area contributed by atoms with E-state index in [1.165, 1.54) is 0 Å². The lowest BCUT2D eigenvalue weighted by Gasteiger charge is -2.09. The molecule has 5 nitrogen and oxygen atoms in total. The van der Waals surface area contributed by atoms with Crippen LogP contribution in [0.4, 0.5) is 5.69 Å². The molecule has 0 heterocycles. The number of hydrogen-bond acceptors (Lipinski definition) is 3. The van der Waals surface area contributed by atoms with Crippen molar-refractivity contribution in [1.29, 1.82) is 0 Å². The maximum atomic E-state index is 11.8. The number of hydrogen-bond donors (Lipinski definition) is 3. The molecular weight excluding hydrogens is 258 g/mol. The monoisotopic (exact) mass is 273 g/mol. The highest BCUT2D eigenvalue weighted by molar-refractivity contribution is 6.03. The van der Waals surface area contributed by atoms with Gasteiger partial charge in [-0.1, -0.05) is 24.3 Å². The quantitative estimate of drug-likeness (QED) is 0.781. The lowest BCUT2D eigenvalue weighted by molar-refractivity contribution is -0.137. The zero-order valence-corrected chi connectivity index (χ0v) is 10.8. The Morgan fingerprint density at radius 1 is 1.00 bits per heavy atom. The molecule has 1 amide bonds. The van der Waals surface area contributed by atoms with E-state index < -0.39 is 5.97 Å². The van der Waals surface area contributed by atoms with E-state index >= 15 is 0 Å². The van der Waals surface area contributed by atoms with Crippen LogP contribution >= 0.6 is 0 Å². The summed E-state index contributed by atoms with van der Waals surface area (Å²) >= 11 is 0. The molecule has 0 saturated heterocycles. The van der Waals surface area contributed by atoms with E-state index in [1.807, 2.05) is 6.07 Å². The second kappa shape index (κ2) is 6.06. The van der Waals surface area contributed by atoms with Gasteiger partial charge in [0.05, 0.1) is 0 Å². The molecule has 0 bridgehead atoms. The summed E-state index contributed by atoms with van der Waals surface area (Å²) in [5.41, 5.74) is 0.610. The van der Waals surface area contributed by atoms with E-state index in [0.29, 0.717) is 17.5 Å². The molecule has 104 valence electrons. The number of nitrogens with one attached hydrogen (secondary N) is 1. The van der Waals surface area contributed by atoms with Crippen molar-refractivity contribution in [3.63, 3.8) is 0 Å². The van der Waals surface area contributed by atoms with Gasteiger partial charge in [-0.15, -0.1) is 0 Å². The highest BCUT2D eigenvalue weighted by Crippen LogP contribution is 2.29. The summed E-state index contributed by atoms with van der Waals surface area (Å²) in [6.45, 7) is 0. The van der Waals surface area contributed by atoms with Gasteiger partial charge < -0.3 is 15.5 Å². The molecule has 0 aliphatic heterocycles. The van der Waals surface area contributed by atoms with Crippen molar-refractivity contribution >= 4 is 28.3 Å². The Hall–Kier alpha value is -2.56. The maximum Gasteiger partial charge on any atom is 0.303 e. The summed E-state index contributed by atoms with van der Waals surface area (Å²) in [7, 11) is 0. The van der Waals surface area contributed by atoms with Crippen LogP contribution in [0.15, 0.2) is 36.4 Å². The Labute approximate surface area is 115 Å². The van der Waals surface area contributed by atoms with Crippen LogP contribution in [-0.4, -0.2) is 22.1 Å². The molecule has 5 heteroatoms. The Morgan fingerprint density at radius 2 is 1.70 bits per heavy atom. The molecule has 0 radical (unpaired) electrons. The van der Waals surface area contributed by atoms with Gasteiger partial charge in [-0.05, 0) is 18.6 Å². The molecule has 2 aromatic rings. The smallest absolute Gasteiger partial charge is 0.303 e. The van der Waals surface area contributed by atoms with Gasteiger partial charge in [0.1, 0.15) is 5.75 Å². The molecule has 0 atom stereocenters. The fourth-order valence-electron chi connectivity index (χ4n) is 2.02. The van der Waals surface area contributed by atoms with Crippen molar-refractivity contribution in [1.82, 2.24) is 0 Å².